The molecule has 90 valence electrons. The van der Waals surface area contributed by atoms with Gasteiger partial charge in [-0.2, -0.15) is 0 Å². The summed E-state index contributed by atoms with van der Waals surface area (Å²) in [6.07, 6.45) is 8.10. The number of hydrogen-bond acceptors (Lipinski definition) is 1. The quantitative estimate of drug-likeness (QED) is 0.573. The van der Waals surface area contributed by atoms with Crippen LogP contribution in [0.2, 0.25) is 0 Å². The molecule has 2 heteroatoms. The second kappa shape index (κ2) is 7.51. The minimum absolute atomic E-state index is 0.811. The van der Waals surface area contributed by atoms with Crippen LogP contribution in [0.1, 0.15) is 52.4 Å². The van der Waals surface area contributed by atoms with Crippen LogP contribution < -0.4 is 0 Å². The molecule has 0 saturated heterocycles. The van der Waals surface area contributed by atoms with Gasteiger partial charge < -0.3 is 4.90 Å². The summed E-state index contributed by atoms with van der Waals surface area (Å²) in [7, 11) is 0. The van der Waals surface area contributed by atoms with Crippen molar-refractivity contribution in [1.29, 1.82) is 0 Å². The van der Waals surface area contributed by atoms with E-state index in [0.29, 0.717) is 0 Å². The summed E-state index contributed by atoms with van der Waals surface area (Å²) >= 11 is 5.78. The fourth-order valence-electron chi connectivity index (χ4n) is 2.42. The van der Waals surface area contributed by atoms with E-state index in [0.717, 1.165) is 24.3 Å². The highest BCUT2D eigenvalue weighted by molar-refractivity contribution is 6.17. The topological polar surface area (TPSA) is 3.24 Å². The summed E-state index contributed by atoms with van der Waals surface area (Å²) in [6, 6.07) is 0.882. The third kappa shape index (κ3) is 4.74. The lowest BCUT2D eigenvalue weighted by molar-refractivity contribution is 0.108. The molecule has 0 radical (unpaired) electrons. The van der Waals surface area contributed by atoms with E-state index >= 15 is 0 Å². The van der Waals surface area contributed by atoms with Crippen LogP contribution in [0.5, 0.6) is 0 Å². The van der Waals surface area contributed by atoms with Gasteiger partial charge in [-0.15, -0.1) is 11.6 Å². The molecular weight excluding hydrogens is 206 g/mol. The molecule has 1 aliphatic rings. The van der Waals surface area contributed by atoms with Gasteiger partial charge in [-0.3, -0.25) is 0 Å². The minimum atomic E-state index is 0.811. The van der Waals surface area contributed by atoms with Crippen molar-refractivity contribution >= 4 is 11.6 Å². The molecule has 1 unspecified atom stereocenters. The van der Waals surface area contributed by atoms with E-state index in [2.05, 4.69) is 18.7 Å². The largest absolute Gasteiger partial charge is 0.300 e. The van der Waals surface area contributed by atoms with E-state index < -0.39 is 0 Å². The zero-order chi connectivity index (χ0) is 11.1. The molecule has 0 heterocycles. The first-order valence-corrected chi connectivity index (χ1v) is 7.11. The number of alkyl halides is 1. The van der Waals surface area contributed by atoms with Crippen LogP contribution in [0.4, 0.5) is 0 Å². The standard InChI is InChI=1S/C13H26ClN/c1-3-6-12(2)11-15(10-5-9-14)13-7-4-8-13/h12-13H,3-11H2,1-2H3. The molecule has 0 amide bonds. The van der Waals surface area contributed by atoms with Gasteiger partial charge in [-0.1, -0.05) is 26.7 Å². The van der Waals surface area contributed by atoms with Crippen LogP contribution >= 0.6 is 11.6 Å². The maximum absolute atomic E-state index is 5.78. The predicted molar refractivity (Wildman–Crippen MR) is 68.6 cm³/mol. The summed E-state index contributed by atoms with van der Waals surface area (Å²) in [4.78, 5) is 2.69. The maximum Gasteiger partial charge on any atom is 0.0235 e. The first-order chi connectivity index (χ1) is 7.27. The summed E-state index contributed by atoms with van der Waals surface area (Å²) in [5.74, 6) is 1.66. The average Bonchev–Trinajstić information content (AvgIpc) is 2.11. The van der Waals surface area contributed by atoms with Gasteiger partial charge in [0.15, 0.2) is 0 Å². The van der Waals surface area contributed by atoms with Gasteiger partial charge in [0, 0.05) is 18.5 Å². The lowest BCUT2D eigenvalue weighted by atomic mass is 9.90. The zero-order valence-electron chi connectivity index (χ0n) is 10.3. The second-order valence-corrected chi connectivity index (χ2v) is 5.39. The van der Waals surface area contributed by atoms with Crippen molar-refractivity contribution in [3.05, 3.63) is 0 Å². The van der Waals surface area contributed by atoms with Crippen LogP contribution in [0.25, 0.3) is 0 Å². The molecule has 0 aromatic carbocycles. The fraction of sp³-hybridized carbons (Fsp3) is 1.00. The SMILES string of the molecule is CCCC(C)CN(CCCCl)C1CCC1. The van der Waals surface area contributed by atoms with Gasteiger partial charge in [0.25, 0.3) is 0 Å². The number of nitrogens with zero attached hydrogens (tertiary/aromatic N) is 1. The monoisotopic (exact) mass is 231 g/mol. The van der Waals surface area contributed by atoms with Crippen LogP contribution in [0, 0.1) is 5.92 Å². The van der Waals surface area contributed by atoms with Crippen molar-refractivity contribution in [2.75, 3.05) is 19.0 Å². The van der Waals surface area contributed by atoms with Crippen molar-refractivity contribution < 1.29 is 0 Å². The van der Waals surface area contributed by atoms with Crippen molar-refractivity contribution in [1.82, 2.24) is 4.90 Å². The van der Waals surface area contributed by atoms with E-state index in [1.54, 1.807) is 0 Å². The maximum atomic E-state index is 5.78. The number of halogens is 1. The molecule has 1 atom stereocenters. The highest BCUT2D eigenvalue weighted by Gasteiger charge is 2.25. The molecule has 1 rings (SSSR count). The summed E-state index contributed by atoms with van der Waals surface area (Å²) in [6.45, 7) is 7.16. The first-order valence-electron chi connectivity index (χ1n) is 6.58. The third-order valence-electron chi connectivity index (χ3n) is 3.50. The Balaban J connectivity index is 2.27. The van der Waals surface area contributed by atoms with E-state index in [4.69, 9.17) is 11.6 Å². The molecule has 1 saturated carbocycles. The average molecular weight is 232 g/mol. The molecule has 0 aliphatic heterocycles. The van der Waals surface area contributed by atoms with Gasteiger partial charge in [0.05, 0.1) is 0 Å². The van der Waals surface area contributed by atoms with Gasteiger partial charge in [0.1, 0.15) is 0 Å². The van der Waals surface area contributed by atoms with Gasteiger partial charge >= 0.3 is 0 Å². The Morgan fingerprint density at radius 2 is 2.13 bits per heavy atom. The van der Waals surface area contributed by atoms with Gasteiger partial charge in [0.2, 0.25) is 0 Å². The molecule has 1 fully saturated rings. The van der Waals surface area contributed by atoms with Crippen LogP contribution in [-0.4, -0.2) is 29.9 Å². The van der Waals surface area contributed by atoms with Gasteiger partial charge in [-0.25, -0.2) is 0 Å². The van der Waals surface area contributed by atoms with Crippen LogP contribution in [0.15, 0.2) is 0 Å². The lowest BCUT2D eigenvalue weighted by Gasteiger charge is -2.39. The van der Waals surface area contributed by atoms with Crippen molar-refractivity contribution in [2.24, 2.45) is 5.92 Å². The minimum Gasteiger partial charge on any atom is -0.300 e. The number of rotatable bonds is 8. The summed E-state index contributed by atoms with van der Waals surface area (Å²) < 4.78 is 0. The van der Waals surface area contributed by atoms with Crippen molar-refractivity contribution in [3.8, 4) is 0 Å². The van der Waals surface area contributed by atoms with Gasteiger partial charge in [-0.05, 0) is 38.1 Å². The Morgan fingerprint density at radius 3 is 2.60 bits per heavy atom. The van der Waals surface area contributed by atoms with E-state index in [1.807, 2.05) is 0 Å². The smallest absolute Gasteiger partial charge is 0.0235 e. The molecule has 0 bridgehead atoms. The van der Waals surface area contributed by atoms with E-state index in [1.165, 1.54) is 45.2 Å². The Bertz CT molecular complexity index is 157. The van der Waals surface area contributed by atoms with Crippen LogP contribution in [-0.2, 0) is 0 Å². The first kappa shape index (κ1) is 13.3. The normalized spacial score (nSPS) is 19.2. The molecule has 0 N–H and O–H groups in total. The van der Waals surface area contributed by atoms with Crippen molar-refractivity contribution in [3.63, 3.8) is 0 Å². The predicted octanol–water partition coefficient (Wildman–Crippen LogP) is 3.91. The Hall–Kier alpha value is 0.250. The highest BCUT2D eigenvalue weighted by Crippen LogP contribution is 2.26. The molecule has 15 heavy (non-hydrogen) atoms. The molecule has 0 spiro atoms. The summed E-state index contributed by atoms with van der Waals surface area (Å²) in [5.41, 5.74) is 0. The van der Waals surface area contributed by atoms with Crippen molar-refractivity contribution in [2.45, 2.75) is 58.4 Å². The Kier molecular flexibility index (Phi) is 6.67. The molecule has 0 aromatic heterocycles. The zero-order valence-corrected chi connectivity index (χ0v) is 11.1. The number of hydrogen-bond donors (Lipinski definition) is 0. The molecular formula is C13H26ClN. The lowest BCUT2D eigenvalue weighted by Crippen LogP contribution is -2.43. The highest BCUT2D eigenvalue weighted by atomic mass is 35.5. The molecule has 1 nitrogen and oxygen atoms in total. The Morgan fingerprint density at radius 1 is 1.40 bits per heavy atom. The third-order valence-corrected chi connectivity index (χ3v) is 3.76. The molecule has 0 aromatic rings. The Labute approximate surface area is 100 Å². The second-order valence-electron chi connectivity index (χ2n) is 5.02. The molecule has 1 aliphatic carbocycles. The fourth-order valence-corrected chi connectivity index (χ4v) is 2.54. The van der Waals surface area contributed by atoms with E-state index in [9.17, 15) is 0 Å². The van der Waals surface area contributed by atoms with E-state index in [-0.39, 0.29) is 0 Å². The summed E-state index contributed by atoms with van der Waals surface area (Å²) in [5, 5.41) is 0. The van der Waals surface area contributed by atoms with Crippen LogP contribution in [0.3, 0.4) is 0 Å².